The number of rotatable bonds is 10. The molecule has 0 aliphatic carbocycles. The molecule has 43 heavy (non-hydrogen) atoms. The summed E-state index contributed by atoms with van der Waals surface area (Å²) in [6.07, 6.45) is 6.38. The number of carbonyl (C=O) groups excluding carboxylic acids is 3. The molecule has 0 unspecified atom stereocenters. The van der Waals surface area contributed by atoms with E-state index in [4.69, 9.17) is 14.6 Å². The molecule has 1 fully saturated rings. The van der Waals surface area contributed by atoms with E-state index >= 15 is 0 Å². The van der Waals surface area contributed by atoms with Crippen molar-refractivity contribution in [2.24, 2.45) is 0 Å². The molecule has 4 aromatic rings. The van der Waals surface area contributed by atoms with E-state index in [0.29, 0.717) is 28.3 Å². The summed E-state index contributed by atoms with van der Waals surface area (Å²) in [6.45, 7) is 0.0741. The van der Waals surface area contributed by atoms with Crippen LogP contribution in [0.3, 0.4) is 0 Å². The van der Waals surface area contributed by atoms with Gasteiger partial charge in [-0.15, -0.1) is 0 Å². The summed E-state index contributed by atoms with van der Waals surface area (Å²) < 4.78 is 25.7. The molecular weight excluding hydrogens is 571 g/mol. The van der Waals surface area contributed by atoms with Gasteiger partial charge in [0.25, 0.3) is 11.1 Å². The van der Waals surface area contributed by atoms with Crippen LogP contribution >= 0.6 is 11.8 Å². The van der Waals surface area contributed by atoms with Gasteiger partial charge in [0.15, 0.2) is 11.5 Å². The Morgan fingerprint density at radius 3 is 2.47 bits per heavy atom. The summed E-state index contributed by atoms with van der Waals surface area (Å²) in [5.41, 5.74) is 3.52. The molecule has 1 aliphatic rings. The van der Waals surface area contributed by atoms with Gasteiger partial charge >= 0.3 is 0 Å². The van der Waals surface area contributed by atoms with E-state index in [-0.39, 0.29) is 18.0 Å². The molecular formula is C32H27FN4O5S. The Hall–Kier alpha value is -5.16. The molecule has 218 valence electrons. The third kappa shape index (κ3) is 6.84. The number of aromatic nitrogens is 2. The number of ether oxygens (including phenoxy) is 2. The standard InChI is InChI=1S/C32H27FN4O5S/c1-41-26-14-10-22(19-27(26)42-2)30-23(20-37(35-30)25-6-4-3-5-7-25)11-15-29(38)34-16-17-36-31(39)28(43-32(36)40)18-21-8-12-24(33)13-9-21/h3-15,18-20H,16-17H2,1-2H3,(H,34,38)/b15-11+,28-18+. The first kappa shape index (κ1) is 29.3. The summed E-state index contributed by atoms with van der Waals surface area (Å²) in [4.78, 5) is 39.2. The predicted molar refractivity (Wildman–Crippen MR) is 163 cm³/mol. The van der Waals surface area contributed by atoms with Crippen LogP contribution < -0.4 is 14.8 Å². The average molecular weight is 599 g/mol. The fourth-order valence-electron chi connectivity index (χ4n) is 4.35. The Morgan fingerprint density at radius 2 is 1.74 bits per heavy atom. The number of nitrogens with zero attached hydrogens (tertiary/aromatic N) is 3. The zero-order valence-electron chi connectivity index (χ0n) is 23.3. The minimum absolute atomic E-state index is 0.00777. The first-order valence-electron chi connectivity index (χ1n) is 13.2. The highest BCUT2D eigenvalue weighted by atomic mass is 32.2. The number of hydrogen-bond donors (Lipinski definition) is 1. The normalized spacial score (nSPS) is 14.1. The molecule has 0 atom stereocenters. The molecule has 3 amide bonds. The SMILES string of the molecule is COc1ccc(-c2nn(-c3ccccc3)cc2/C=C/C(=O)NCCN2C(=O)S/C(=C/c3ccc(F)cc3)C2=O)cc1OC. The molecule has 9 nitrogen and oxygen atoms in total. The van der Waals surface area contributed by atoms with Gasteiger partial charge in [-0.3, -0.25) is 19.3 Å². The molecule has 11 heteroatoms. The maximum absolute atomic E-state index is 13.2. The van der Waals surface area contributed by atoms with Crippen LogP contribution in [0.1, 0.15) is 11.1 Å². The number of hydrogen-bond acceptors (Lipinski definition) is 7. The van der Waals surface area contributed by atoms with Gasteiger partial charge in [0.2, 0.25) is 5.91 Å². The second-order valence-electron chi connectivity index (χ2n) is 9.29. The monoisotopic (exact) mass is 598 g/mol. The van der Waals surface area contributed by atoms with Gasteiger partial charge in [-0.2, -0.15) is 5.10 Å². The molecule has 1 saturated heterocycles. The molecule has 3 aromatic carbocycles. The number of methoxy groups -OCH3 is 2. The predicted octanol–water partition coefficient (Wildman–Crippen LogP) is 5.56. The second kappa shape index (κ2) is 13.2. The zero-order chi connectivity index (χ0) is 30.3. The van der Waals surface area contributed by atoms with Crippen molar-refractivity contribution in [3.63, 3.8) is 0 Å². The van der Waals surface area contributed by atoms with Crippen molar-refractivity contribution in [1.82, 2.24) is 20.0 Å². The number of thioether (sulfide) groups is 1. The second-order valence-corrected chi connectivity index (χ2v) is 10.3. The van der Waals surface area contributed by atoms with E-state index in [1.807, 2.05) is 48.7 Å². The third-order valence-electron chi connectivity index (χ3n) is 6.51. The largest absolute Gasteiger partial charge is 0.493 e. The zero-order valence-corrected chi connectivity index (χ0v) is 24.1. The number of nitrogens with one attached hydrogen (secondary N) is 1. The van der Waals surface area contributed by atoms with Crippen LogP contribution in [0.4, 0.5) is 9.18 Å². The van der Waals surface area contributed by atoms with Crippen molar-refractivity contribution >= 4 is 41.0 Å². The lowest BCUT2D eigenvalue weighted by Gasteiger charge is -2.12. The molecule has 2 heterocycles. The van der Waals surface area contributed by atoms with E-state index in [9.17, 15) is 18.8 Å². The summed E-state index contributed by atoms with van der Waals surface area (Å²) in [6, 6.07) is 20.6. The van der Waals surface area contributed by atoms with Crippen LogP contribution in [0.5, 0.6) is 11.5 Å². The highest BCUT2D eigenvalue weighted by Crippen LogP contribution is 2.34. The van der Waals surface area contributed by atoms with E-state index in [1.54, 1.807) is 31.0 Å². The van der Waals surface area contributed by atoms with Crippen molar-refractivity contribution < 1.29 is 28.2 Å². The number of benzene rings is 3. The average Bonchev–Trinajstić information content (AvgIpc) is 3.57. The summed E-state index contributed by atoms with van der Waals surface area (Å²) in [7, 11) is 3.12. The van der Waals surface area contributed by atoms with Gasteiger partial charge in [0.1, 0.15) is 11.5 Å². The van der Waals surface area contributed by atoms with Crippen LogP contribution in [0.15, 0.2) is 90.0 Å². The number of para-hydroxylation sites is 1. The Morgan fingerprint density at radius 1 is 1.00 bits per heavy atom. The number of halogens is 1. The van der Waals surface area contributed by atoms with Crippen LogP contribution in [0.25, 0.3) is 29.1 Å². The van der Waals surface area contributed by atoms with Gasteiger partial charge in [-0.05, 0) is 71.9 Å². The van der Waals surface area contributed by atoms with Crippen LogP contribution in [-0.4, -0.2) is 59.0 Å². The van der Waals surface area contributed by atoms with Crippen LogP contribution in [-0.2, 0) is 9.59 Å². The Bertz CT molecular complexity index is 1720. The Kier molecular flexibility index (Phi) is 9.02. The number of imide groups is 1. The minimum Gasteiger partial charge on any atom is -0.493 e. The van der Waals surface area contributed by atoms with Crippen molar-refractivity contribution in [3.8, 4) is 28.4 Å². The van der Waals surface area contributed by atoms with Gasteiger partial charge in [0, 0.05) is 36.5 Å². The van der Waals surface area contributed by atoms with Crippen molar-refractivity contribution in [2.75, 3.05) is 27.3 Å². The van der Waals surface area contributed by atoms with Crippen molar-refractivity contribution in [2.45, 2.75) is 0 Å². The minimum atomic E-state index is -0.461. The fraction of sp³-hybridized carbons (Fsp3) is 0.125. The van der Waals surface area contributed by atoms with Crippen molar-refractivity contribution in [3.05, 3.63) is 107 Å². The molecule has 0 bridgehead atoms. The lowest BCUT2D eigenvalue weighted by atomic mass is 10.1. The Balaban J connectivity index is 1.27. The first-order chi connectivity index (χ1) is 20.9. The van der Waals surface area contributed by atoms with Gasteiger partial charge in [0.05, 0.1) is 24.8 Å². The molecule has 1 aromatic heterocycles. The van der Waals surface area contributed by atoms with Crippen molar-refractivity contribution in [1.29, 1.82) is 0 Å². The molecule has 0 saturated carbocycles. The highest BCUT2D eigenvalue weighted by molar-refractivity contribution is 8.18. The molecule has 0 spiro atoms. The summed E-state index contributed by atoms with van der Waals surface area (Å²) >= 11 is 0.804. The quantitative estimate of drug-likeness (QED) is 0.239. The highest BCUT2D eigenvalue weighted by Gasteiger charge is 2.34. The summed E-state index contributed by atoms with van der Waals surface area (Å²) in [5.74, 6) is -0.132. The Labute approximate surface area is 251 Å². The molecule has 5 rings (SSSR count). The van der Waals surface area contributed by atoms with E-state index in [2.05, 4.69) is 5.32 Å². The van der Waals surface area contributed by atoms with Gasteiger partial charge in [-0.25, -0.2) is 9.07 Å². The van der Waals surface area contributed by atoms with Gasteiger partial charge < -0.3 is 14.8 Å². The lowest BCUT2D eigenvalue weighted by Crippen LogP contribution is -2.36. The van der Waals surface area contributed by atoms with E-state index in [1.165, 1.54) is 36.4 Å². The molecule has 1 aliphatic heterocycles. The smallest absolute Gasteiger partial charge is 0.293 e. The maximum atomic E-state index is 13.2. The summed E-state index contributed by atoms with van der Waals surface area (Å²) in [5, 5.41) is 7.04. The molecule has 0 radical (unpaired) electrons. The van der Waals surface area contributed by atoms with E-state index < -0.39 is 22.9 Å². The number of amides is 3. The first-order valence-corrected chi connectivity index (χ1v) is 14.0. The van der Waals surface area contributed by atoms with Gasteiger partial charge in [-0.1, -0.05) is 30.3 Å². The maximum Gasteiger partial charge on any atom is 0.293 e. The molecule has 1 N–H and O–H groups in total. The topological polar surface area (TPSA) is 103 Å². The number of carbonyl (C=O) groups is 3. The third-order valence-corrected chi connectivity index (χ3v) is 7.42. The fourth-order valence-corrected chi connectivity index (χ4v) is 5.21. The van der Waals surface area contributed by atoms with Crippen LogP contribution in [0, 0.1) is 5.82 Å². The lowest BCUT2D eigenvalue weighted by molar-refractivity contribution is -0.123. The van der Waals surface area contributed by atoms with E-state index in [0.717, 1.165) is 27.9 Å². The van der Waals surface area contributed by atoms with Crippen LogP contribution in [0.2, 0.25) is 0 Å².